The minimum absolute atomic E-state index is 0.0119. The zero-order valence-electron chi connectivity index (χ0n) is 16.5. The first-order chi connectivity index (χ1) is 15.1. The molecule has 0 aliphatic heterocycles. The number of carbonyl (C=O) groups is 1. The maximum Gasteiger partial charge on any atom is 0.188 e. The number of aromatic nitrogens is 3. The summed E-state index contributed by atoms with van der Waals surface area (Å²) in [6.07, 6.45) is 4.87. The van der Waals surface area contributed by atoms with Crippen LogP contribution in [-0.2, 0) is 0 Å². The third-order valence-electron chi connectivity index (χ3n) is 3.99. The number of rotatable bonds is 4. The molecule has 2 aromatic carbocycles. The van der Waals surface area contributed by atoms with Gasteiger partial charge in [-0.05, 0) is 31.2 Å². The molecule has 0 spiro atoms. The van der Waals surface area contributed by atoms with E-state index in [0.717, 1.165) is 16.4 Å². The van der Waals surface area contributed by atoms with Gasteiger partial charge in [-0.25, -0.2) is 9.97 Å². The Hall–Kier alpha value is -4.40. The molecular formula is C23H16N6OS. The minimum atomic E-state index is -0.0119. The van der Waals surface area contributed by atoms with E-state index in [2.05, 4.69) is 26.3 Å². The lowest BCUT2D eigenvalue weighted by atomic mass is 10.1. The number of thiazole rings is 1. The van der Waals surface area contributed by atoms with Crippen LogP contribution < -0.4 is 5.32 Å². The lowest BCUT2D eigenvalue weighted by molar-refractivity contribution is 0.101. The monoisotopic (exact) mass is 424 g/mol. The van der Waals surface area contributed by atoms with E-state index in [4.69, 9.17) is 10.5 Å². The van der Waals surface area contributed by atoms with Crippen LogP contribution in [0.2, 0.25) is 0 Å². The Morgan fingerprint density at radius 3 is 2.45 bits per heavy atom. The first-order valence-corrected chi connectivity index (χ1v) is 9.97. The van der Waals surface area contributed by atoms with E-state index in [1.165, 1.54) is 18.3 Å². The fourth-order valence-corrected chi connectivity index (χ4v) is 3.22. The Morgan fingerprint density at radius 1 is 1.03 bits per heavy atom. The minimum Gasteiger partial charge on any atom is -0.315 e. The summed E-state index contributed by atoms with van der Waals surface area (Å²) in [5.41, 5.74) is 3.49. The molecule has 0 aliphatic carbocycles. The molecule has 150 valence electrons. The highest BCUT2D eigenvalue weighted by Gasteiger charge is 2.06. The van der Waals surface area contributed by atoms with Crippen molar-refractivity contribution in [1.82, 2.24) is 15.0 Å². The third kappa shape index (κ3) is 6.04. The summed E-state index contributed by atoms with van der Waals surface area (Å²) in [6, 6.07) is 18.1. The van der Waals surface area contributed by atoms with E-state index >= 15 is 0 Å². The van der Waals surface area contributed by atoms with Gasteiger partial charge >= 0.3 is 0 Å². The SMILES string of the molecule is CC(=O)c1cccc(C#N)c1.N#Cc1cccc(-c2csc(Nc3cnccn3)n2)c1. The van der Waals surface area contributed by atoms with Crippen molar-refractivity contribution in [2.24, 2.45) is 0 Å². The summed E-state index contributed by atoms with van der Waals surface area (Å²) in [6.45, 7) is 1.48. The van der Waals surface area contributed by atoms with E-state index in [1.807, 2.05) is 29.6 Å². The molecule has 7 nitrogen and oxygen atoms in total. The molecule has 4 rings (SSSR count). The van der Waals surface area contributed by atoms with Crippen LogP contribution in [0.4, 0.5) is 10.9 Å². The number of nitrogens with zero attached hydrogens (tertiary/aromatic N) is 5. The van der Waals surface area contributed by atoms with Gasteiger partial charge in [-0.3, -0.25) is 9.78 Å². The molecule has 0 saturated heterocycles. The molecule has 2 aromatic heterocycles. The van der Waals surface area contributed by atoms with Crippen LogP contribution >= 0.6 is 11.3 Å². The molecule has 31 heavy (non-hydrogen) atoms. The quantitative estimate of drug-likeness (QED) is 0.459. The zero-order chi connectivity index (χ0) is 22.1. The average Bonchev–Trinajstić information content (AvgIpc) is 3.28. The van der Waals surface area contributed by atoms with Crippen molar-refractivity contribution in [2.75, 3.05) is 5.32 Å². The Labute approximate surface area is 183 Å². The molecule has 2 heterocycles. The van der Waals surface area contributed by atoms with Crippen molar-refractivity contribution < 1.29 is 4.79 Å². The van der Waals surface area contributed by atoms with Crippen molar-refractivity contribution >= 4 is 28.1 Å². The highest BCUT2D eigenvalue weighted by Crippen LogP contribution is 2.26. The summed E-state index contributed by atoms with van der Waals surface area (Å²) in [5.74, 6) is 0.640. The van der Waals surface area contributed by atoms with Gasteiger partial charge in [0.25, 0.3) is 0 Å². The summed E-state index contributed by atoms with van der Waals surface area (Å²) >= 11 is 1.48. The van der Waals surface area contributed by atoms with E-state index < -0.39 is 0 Å². The maximum absolute atomic E-state index is 10.8. The molecule has 0 atom stereocenters. The fourth-order valence-electron chi connectivity index (χ4n) is 2.49. The van der Waals surface area contributed by atoms with Gasteiger partial charge in [-0.1, -0.05) is 24.3 Å². The molecule has 0 radical (unpaired) electrons. The Bertz CT molecular complexity index is 1270. The Balaban J connectivity index is 0.000000210. The molecule has 0 fully saturated rings. The van der Waals surface area contributed by atoms with Crippen LogP contribution in [0.3, 0.4) is 0 Å². The van der Waals surface area contributed by atoms with Gasteiger partial charge in [0.15, 0.2) is 16.7 Å². The topological polar surface area (TPSA) is 115 Å². The number of ketones is 1. The van der Waals surface area contributed by atoms with Crippen LogP contribution in [0.25, 0.3) is 11.3 Å². The van der Waals surface area contributed by atoms with E-state index in [1.54, 1.807) is 48.9 Å². The second kappa shape index (κ2) is 10.4. The Kier molecular flexibility index (Phi) is 7.15. The van der Waals surface area contributed by atoms with E-state index in [0.29, 0.717) is 22.5 Å². The van der Waals surface area contributed by atoms with E-state index in [-0.39, 0.29) is 5.78 Å². The molecule has 1 N–H and O–H groups in total. The van der Waals surface area contributed by atoms with E-state index in [9.17, 15) is 4.79 Å². The third-order valence-corrected chi connectivity index (χ3v) is 4.75. The maximum atomic E-state index is 10.8. The van der Waals surface area contributed by atoms with Crippen molar-refractivity contribution in [2.45, 2.75) is 6.92 Å². The summed E-state index contributed by atoms with van der Waals surface area (Å²) in [4.78, 5) is 23.4. The highest BCUT2D eigenvalue weighted by atomic mass is 32.1. The summed E-state index contributed by atoms with van der Waals surface area (Å²) in [5, 5.41) is 23.2. The molecule has 4 aromatic rings. The van der Waals surface area contributed by atoms with Crippen molar-refractivity contribution in [3.8, 4) is 23.4 Å². The average molecular weight is 424 g/mol. The Morgan fingerprint density at radius 2 is 1.77 bits per heavy atom. The number of hydrogen-bond acceptors (Lipinski definition) is 8. The summed E-state index contributed by atoms with van der Waals surface area (Å²) < 4.78 is 0. The molecule has 0 aliphatic rings. The summed E-state index contributed by atoms with van der Waals surface area (Å²) in [7, 11) is 0. The number of hydrogen-bond donors (Lipinski definition) is 1. The van der Waals surface area contributed by atoms with Crippen molar-refractivity contribution in [1.29, 1.82) is 10.5 Å². The number of carbonyl (C=O) groups excluding carboxylic acids is 1. The largest absolute Gasteiger partial charge is 0.315 e. The zero-order valence-corrected chi connectivity index (χ0v) is 17.3. The molecular weight excluding hydrogens is 408 g/mol. The number of anilines is 2. The second-order valence-corrected chi connectivity index (χ2v) is 7.05. The number of nitrogens with one attached hydrogen (secondary N) is 1. The van der Waals surface area contributed by atoms with Gasteiger partial charge in [0.05, 0.1) is 35.2 Å². The molecule has 0 amide bonds. The number of Topliss-reactive ketones (excluding diaryl/α,β-unsaturated/α-hetero) is 1. The second-order valence-electron chi connectivity index (χ2n) is 6.19. The van der Waals surface area contributed by atoms with Crippen molar-refractivity contribution in [3.05, 3.63) is 89.2 Å². The van der Waals surface area contributed by atoms with Gasteiger partial charge in [-0.15, -0.1) is 11.3 Å². The van der Waals surface area contributed by atoms with Gasteiger partial charge in [0.1, 0.15) is 0 Å². The van der Waals surface area contributed by atoms with Crippen LogP contribution in [0.5, 0.6) is 0 Å². The van der Waals surface area contributed by atoms with Gasteiger partial charge in [0.2, 0.25) is 0 Å². The van der Waals surface area contributed by atoms with Crippen molar-refractivity contribution in [3.63, 3.8) is 0 Å². The van der Waals surface area contributed by atoms with Crippen LogP contribution in [-0.4, -0.2) is 20.7 Å². The van der Waals surface area contributed by atoms with Crippen LogP contribution in [0.15, 0.2) is 72.5 Å². The first-order valence-electron chi connectivity index (χ1n) is 9.09. The molecule has 0 bridgehead atoms. The highest BCUT2D eigenvalue weighted by molar-refractivity contribution is 7.14. The lowest BCUT2D eigenvalue weighted by Gasteiger charge is -1.99. The van der Waals surface area contributed by atoms with Crippen LogP contribution in [0, 0.1) is 22.7 Å². The van der Waals surface area contributed by atoms with Gasteiger partial charge in [-0.2, -0.15) is 10.5 Å². The molecule has 0 saturated carbocycles. The normalized spacial score (nSPS) is 9.52. The molecule has 8 heteroatoms. The smallest absolute Gasteiger partial charge is 0.188 e. The predicted octanol–water partition coefficient (Wildman–Crippen LogP) is 4.98. The van der Waals surface area contributed by atoms with Gasteiger partial charge < -0.3 is 5.32 Å². The number of benzene rings is 2. The van der Waals surface area contributed by atoms with Gasteiger partial charge in [0, 0.05) is 28.9 Å². The first kappa shape index (κ1) is 21.3. The molecule has 0 unspecified atom stereocenters. The standard InChI is InChI=1S/C14H9N5S.C9H7NO/c15-7-10-2-1-3-11(6-10)12-9-20-14(18-12)19-13-8-16-4-5-17-13;1-7(11)9-4-2-3-8(5-9)6-10/h1-6,8-9H,(H,17,18,19);2-5H,1H3. The van der Waals surface area contributed by atoms with Crippen LogP contribution in [0.1, 0.15) is 28.4 Å². The predicted molar refractivity (Wildman–Crippen MR) is 119 cm³/mol. The lowest BCUT2D eigenvalue weighted by Crippen LogP contribution is -1.92. The number of nitriles is 2. The fraction of sp³-hybridized carbons (Fsp3) is 0.0435.